The van der Waals surface area contributed by atoms with Crippen LogP contribution in [0.5, 0.6) is 0 Å². The van der Waals surface area contributed by atoms with Crippen LogP contribution in [0, 0.1) is 0 Å². The van der Waals surface area contributed by atoms with Crippen molar-refractivity contribution in [2.45, 2.75) is 17.2 Å². The van der Waals surface area contributed by atoms with Crippen molar-refractivity contribution in [1.29, 1.82) is 0 Å². The van der Waals surface area contributed by atoms with Crippen molar-refractivity contribution in [3.8, 4) is 0 Å². The molecule has 0 fully saturated rings. The van der Waals surface area contributed by atoms with E-state index in [2.05, 4.69) is 15.3 Å². The van der Waals surface area contributed by atoms with Crippen LogP contribution in [0.3, 0.4) is 0 Å². The second-order valence-corrected chi connectivity index (χ2v) is 7.83. The van der Waals surface area contributed by atoms with E-state index in [1.54, 1.807) is 13.0 Å². The molecule has 1 atom stereocenters. The summed E-state index contributed by atoms with van der Waals surface area (Å²) < 4.78 is 22.4. The lowest BCUT2D eigenvalue weighted by molar-refractivity contribution is 0.0939. The molecule has 0 aliphatic heterocycles. The molecule has 1 unspecified atom stereocenters. The van der Waals surface area contributed by atoms with Crippen molar-refractivity contribution in [1.82, 2.24) is 15.3 Å². The van der Waals surface area contributed by atoms with Crippen molar-refractivity contribution in [3.63, 3.8) is 0 Å². The summed E-state index contributed by atoms with van der Waals surface area (Å²) in [5.74, 6) is -0.332. The standard InChI is InChI=1S/C11H10ClN3O3S2/c1-7(9-2-3-10(19-9)20(12,17)18)15-11(16)8-4-13-6-14-5-8/h2-7H,1H3,(H,15,16). The summed E-state index contributed by atoms with van der Waals surface area (Å²) in [6, 6.07) is 2.68. The van der Waals surface area contributed by atoms with Crippen LogP contribution in [-0.4, -0.2) is 24.3 Å². The van der Waals surface area contributed by atoms with Gasteiger partial charge >= 0.3 is 0 Å². The van der Waals surface area contributed by atoms with Crippen LogP contribution in [0.15, 0.2) is 35.1 Å². The maximum Gasteiger partial charge on any atom is 0.270 e. The molecule has 0 aliphatic carbocycles. The molecule has 0 radical (unpaired) electrons. The third-order valence-corrected chi connectivity index (χ3v) is 5.80. The van der Waals surface area contributed by atoms with Gasteiger partial charge in [-0.05, 0) is 19.1 Å². The zero-order valence-electron chi connectivity index (χ0n) is 10.3. The average Bonchev–Trinajstić information content (AvgIpc) is 2.89. The van der Waals surface area contributed by atoms with Gasteiger partial charge in [0.1, 0.15) is 10.5 Å². The van der Waals surface area contributed by atoms with Crippen LogP contribution in [0.25, 0.3) is 0 Å². The van der Waals surface area contributed by atoms with Crippen molar-refractivity contribution in [3.05, 3.63) is 41.3 Å². The third-order valence-electron chi connectivity index (χ3n) is 2.44. The molecule has 9 heteroatoms. The van der Waals surface area contributed by atoms with Crippen LogP contribution in [0.1, 0.15) is 28.2 Å². The molecule has 20 heavy (non-hydrogen) atoms. The first-order valence-corrected chi connectivity index (χ1v) is 8.61. The first-order valence-electron chi connectivity index (χ1n) is 5.48. The van der Waals surface area contributed by atoms with E-state index in [4.69, 9.17) is 10.7 Å². The Hall–Kier alpha value is -1.51. The zero-order valence-corrected chi connectivity index (χ0v) is 12.7. The number of carbonyl (C=O) groups is 1. The zero-order chi connectivity index (χ0) is 14.8. The molecule has 0 spiro atoms. The highest BCUT2D eigenvalue weighted by molar-refractivity contribution is 8.15. The van der Waals surface area contributed by atoms with Gasteiger partial charge < -0.3 is 5.32 Å². The van der Waals surface area contributed by atoms with E-state index < -0.39 is 9.05 Å². The molecule has 2 aromatic rings. The van der Waals surface area contributed by atoms with Gasteiger partial charge in [-0.15, -0.1) is 11.3 Å². The Morgan fingerprint density at radius 1 is 1.35 bits per heavy atom. The van der Waals surface area contributed by atoms with Gasteiger partial charge in [-0.25, -0.2) is 18.4 Å². The quantitative estimate of drug-likeness (QED) is 0.865. The van der Waals surface area contributed by atoms with Crippen molar-refractivity contribution >= 4 is 37.0 Å². The summed E-state index contributed by atoms with van der Waals surface area (Å²) >= 11 is 1.02. The number of hydrogen-bond donors (Lipinski definition) is 1. The lowest BCUT2D eigenvalue weighted by Crippen LogP contribution is -2.26. The van der Waals surface area contributed by atoms with Crippen molar-refractivity contribution in [2.24, 2.45) is 0 Å². The smallest absolute Gasteiger partial charge is 0.270 e. The number of carbonyl (C=O) groups excluding carboxylic acids is 1. The van der Waals surface area contributed by atoms with Crippen LogP contribution >= 0.6 is 22.0 Å². The minimum Gasteiger partial charge on any atom is -0.345 e. The van der Waals surface area contributed by atoms with E-state index in [9.17, 15) is 13.2 Å². The number of halogens is 1. The minimum absolute atomic E-state index is 0.0540. The largest absolute Gasteiger partial charge is 0.345 e. The second kappa shape index (κ2) is 5.86. The summed E-state index contributed by atoms with van der Waals surface area (Å²) in [6.45, 7) is 1.75. The predicted molar refractivity (Wildman–Crippen MR) is 75.3 cm³/mol. The summed E-state index contributed by atoms with van der Waals surface area (Å²) in [5, 5.41) is 2.73. The first-order chi connectivity index (χ1) is 9.38. The molecule has 106 valence electrons. The van der Waals surface area contributed by atoms with E-state index in [0.717, 1.165) is 11.3 Å². The number of hydrogen-bond acceptors (Lipinski definition) is 6. The number of amides is 1. The van der Waals surface area contributed by atoms with Crippen molar-refractivity contribution in [2.75, 3.05) is 0 Å². The Labute approximate surface area is 124 Å². The highest BCUT2D eigenvalue weighted by atomic mass is 35.7. The monoisotopic (exact) mass is 331 g/mol. The Morgan fingerprint density at radius 3 is 2.55 bits per heavy atom. The average molecular weight is 332 g/mol. The fraction of sp³-hybridized carbons (Fsp3) is 0.182. The molecule has 0 aromatic carbocycles. The lowest BCUT2D eigenvalue weighted by Gasteiger charge is -2.11. The van der Waals surface area contributed by atoms with E-state index in [1.807, 2.05) is 0 Å². The molecule has 2 heterocycles. The van der Waals surface area contributed by atoms with Crippen LogP contribution in [0.2, 0.25) is 0 Å². The van der Waals surface area contributed by atoms with Crippen molar-refractivity contribution < 1.29 is 13.2 Å². The molecule has 2 aromatic heterocycles. The highest BCUT2D eigenvalue weighted by Gasteiger charge is 2.18. The fourth-order valence-electron chi connectivity index (χ4n) is 1.47. The van der Waals surface area contributed by atoms with Gasteiger partial charge in [-0.1, -0.05) is 0 Å². The number of nitrogens with one attached hydrogen (secondary N) is 1. The molecule has 6 nitrogen and oxygen atoms in total. The summed E-state index contributed by atoms with van der Waals surface area (Å²) in [4.78, 5) is 20.1. The van der Waals surface area contributed by atoms with Gasteiger partial charge in [-0.3, -0.25) is 4.79 Å². The number of nitrogens with zero attached hydrogens (tertiary/aromatic N) is 2. The number of rotatable bonds is 4. The van der Waals surface area contributed by atoms with Gasteiger partial charge in [0.15, 0.2) is 0 Å². The van der Waals surface area contributed by atoms with Gasteiger partial charge in [0, 0.05) is 28.0 Å². The molecule has 1 amide bonds. The molecule has 2 rings (SSSR count). The Kier molecular flexibility index (Phi) is 4.36. The maximum atomic E-state index is 11.9. The summed E-state index contributed by atoms with van der Waals surface area (Å²) in [5.41, 5.74) is 0.334. The summed E-state index contributed by atoms with van der Waals surface area (Å²) in [6.07, 6.45) is 4.13. The molecular formula is C11H10ClN3O3S2. The van der Waals surface area contributed by atoms with E-state index >= 15 is 0 Å². The topological polar surface area (TPSA) is 89.0 Å². The van der Waals surface area contributed by atoms with Gasteiger partial charge in [0.05, 0.1) is 11.6 Å². The number of thiophene rings is 1. The van der Waals surface area contributed by atoms with E-state index in [1.165, 1.54) is 24.8 Å². The SMILES string of the molecule is CC(NC(=O)c1cncnc1)c1ccc(S(=O)(=O)Cl)s1. The van der Waals surface area contributed by atoms with Gasteiger partial charge in [0.2, 0.25) is 0 Å². The molecule has 1 N–H and O–H groups in total. The Morgan fingerprint density at radius 2 is 2.00 bits per heavy atom. The second-order valence-electron chi connectivity index (χ2n) is 3.92. The molecule has 0 bridgehead atoms. The van der Waals surface area contributed by atoms with Crippen LogP contribution < -0.4 is 5.32 Å². The maximum absolute atomic E-state index is 11.9. The molecular weight excluding hydrogens is 322 g/mol. The van der Waals surface area contributed by atoms with Crippen LogP contribution in [0.4, 0.5) is 0 Å². The fourth-order valence-corrected chi connectivity index (χ4v) is 3.56. The molecule has 0 saturated carbocycles. The van der Waals surface area contributed by atoms with Crippen LogP contribution in [-0.2, 0) is 9.05 Å². The lowest BCUT2D eigenvalue weighted by atomic mass is 10.2. The Bertz CT molecular complexity index is 716. The number of aromatic nitrogens is 2. The first kappa shape index (κ1) is 14.9. The van der Waals surface area contributed by atoms with Gasteiger partial charge in [0.25, 0.3) is 15.0 Å². The minimum atomic E-state index is -3.74. The predicted octanol–water partition coefficient (Wildman–Crippen LogP) is 1.96. The van der Waals surface area contributed by atoms with E-state index in [0.29, 0.717) is 10.4 Å². The van der Waals surface area contributed by atoms with Gasteiger partial charge in [-0.2, -0.15) is 0 Å². The third kappa shape index (κ3) is 3.53. The normalized spacial score (nSPS) is 12.9. The highest BCUT2D eigenvalue weighted by Crippen LogP contribution is 2.28. The Balaban J connectivity index is 2.11. The molecule has 0 aliphatic rings. The summed E-state index contributed by atoms with van der Waals surface area (Å²) in [7, 11) is 1.52. The molecule has 0 saturated heterocycles. The van der Waals surface area contributed by atoms with E-state index in [-0.39, 0.29) is 16.2 Å².